The normalized spacial score (nSPS) is 10.0. The Hall–Kier alpha value is -2.96. The maximum Gasteiger partial charge on any atom is 0.407 e. The van der Waals surface area contributed by atoms with Gasteiger partial charge in [0.1, 0.15) is 5.82 Å². The number of nitrogens with one attached hydrogen (secondary N) is 2. The van der Waals surface area contributed by atoms with Gasteiger partial charge in [-0.2, -0.15) is 0 Å². The molecule has 0 aliphatic rings. The minimum atomic E-state index is -0.571. The molecule has 2 rings (SSSR count). The number of methoxy groups -OCH3 is 1. The quantitative estimate of drug-likeness (QED) is 0.884. The Bertz CT molecular complexity index is 689. The van der Waals surface area contributed by atoms with Crippen LogP contribution in [-0.4, -0.2) is 24.1 Å². The van der Waals surface area contributed by atoms with E-state index in [2.05, 4.69) is 20.4 Å². The van der Waals surface area contributed by atoms with Crippen molar-refractivity contribution in [3.63, 3.8) is 0 Å². The van der Waals surface area contributed by atoms with E-state index < -0.39 is 6.09 Å². The van der Waals surface area contributed by atoms with Crippen LogP contribution in [0, 0.1) is 5.82 Å². The molecule has 0 saturated carbocycles. The van der Waals surface area contributed by atoms with Crippen LogP contribution in [0.15, 0.2) is 42.6 Å². The topological polar surface area (TPSA) is 80.3 Å². The number of rotatable bonds is 5. The first-order valence-corrected chi connectivity index (χ1v) is 6.88. The highest BCUT2D eigenvalue weighted by Crippen LogP contribution is 2.05. The minimum absolute atomic E-state index is 0.158. The third-order valence-electron chi connectivity index (χ3n) is 3.04. The first kappa shape index (κ1) is 16.4. The van der Waals surface area contributed by atoms with Crippen LogP contribution in [0.25, 0.3) is 0 Å². The molecule has 1 aromatic heterocycles. The van der Waals surface area contributed by atoms with Crippen molar-refractivity contribution in [2.75, 3.05) is 7.11 Å². The van der Waals surface area contributed by atoms with Crippen LogP contribution in [0.4, 0.5) is 9.18 Å². The number of pyridine rings is 1. The van der Waals surface area contributed by atoms with Gasteiger partial charge in [-0.05, 0) is 29.8 Å². The van der Waals surface area contributed by atoms with Gasteiger partial charge in [-0.15, -0.1) is 0 Å². The van der Waals surface area contributed by atoms with Crippen LogP contribution in [-0.2, 0) is 17.8 Å². The molecule has 0 atom stereocenters. The molecule has 0 radical (unpaired) electrons. The zero-order chi connectivity index (χ0) is 16.7. The first-order chi connectivity index (χ1) is 11.1. The molecule has 0 aliphatic heterocycles. The highest BCUT2D eigenvalue weighted by Gasteiger charge is 2.08. The number of benzene rings is 1. The van der Waals surface area contributed by atoms with Gasteiger partial charge in [0.2, 0.25) is 0 Å². The van der Waals surface area contributed by atoms with E-state index in [4.69, 9.17) is 0 Å². The smallest absolute Gasteiger partial charge is 0.407 e. The summed E-state index contributed by atoms with van der Waals surface area (Å²) < 4.78 is 17.3. The predicted octanol–water partition coefficient (Wildman–Crippen LogP) is 2.01. The summed E-state index contributed by atoms with van der Waals surface area (Å²) >= 11 is 0. The molecule has 0 bridgehead atoms. The van der Waals surface area contributed by atoms with Crippen LogP contribution < -0.4 is 10.6 Å². The molecule has 0 saturated heterocycles. The maximum atomic E-state index is 12.8. The Balaban J connectivity index is 1.93. The Kier molecular flexibility index (Phi) is 5.62. The average molecular weight is 317 g/mol. The minimum Gasteiger partial charge on any atom is -0.453 e. The SMILES string of the molecule is COC(=O)NCc1cc(C(=O)NCc2ccc(F)cc2)ccn1. The lowest BCUT2D eigenvalue weighted by atomic mass is 10.2. The summed E-state index contributed by atoms with van der Waals surface area (Å²) in [4.78, 5) is 27.2. The summed E-state index contributed by atoms with van der Waals surface area (Å²) in [5, 5.41) is 5.22. The Morgan fingerprint density at radius 2 is 1.87 bits per heavy atom. The molecule has 2 amide bonds. The molecule has 120 valence electrons. The van der Waals surface area contributed by atoms with E-state index in [1.165, 1.54) is 25.4 Å². The van der Waals surface area contributed by atoms with Crippen molar-refractivity contribution >= 4 is 12.0 Å². The highest BCUT2D eigenvalue weighted by atomic mass is 19.1. The van der Waals surface area contributed by atoms with Gasteiger partial charge >= 0.3 is 6.09 Å². The summed E-state index contributed by atoms with van der Waals surface area (Å²) in [6.45, 7) is 0.447. The third-order valence-corrected chi connectivity index (χ3v) is 3.04. The van der Waals surface area contributed by atoms with Gasteiger partial charge in [0, 0.05) is 18.3 Å². The number of hydrogen-bond acceptors (Lipinski definition) is 4. The zero-order valence-electron chi connectivity index (χ0n) is 12.5. The number of aromatic nitrogens is 1. The monoisotopic (exact) mass is 317 g/mol. The van der Waals surface area contributed by atoms with E-state index in [9.17, 15) is 14.0 Å². The molecule has 0 unspecified atom stereocenters. The summed E-state index contributed by atoms with van der Waals surface area (Å²) in [7, 11) is 1.27. The number of ether oxygens (including phenoxy) is 1. The zero-order valence-corrected chi connectivity index (χ0v) is 12.5. The Morgan fingerprint density at radius 3 is 2.57 bits per heavy atom. The van der Waals surface area contributed by atoms with Crippen LogP contribution in [0.5, 0.6) is 0 Å². The molecule has 7 heteroatoms. The number of carbonyl (C=O) groups excluding carboxylic acids is 2. The van der Waals surface area contributed by atoms with Crippen molar-refractivity contribution in [2.45, 2.75) is 13.1 Å². The van der Waals surface area contributed by atoms with Crippen molar-refractivity contribution < 1.29 is 18.7 Å². The molecule has 2 N–H and O–H groups in total. The van der Waals surface area contributed by atoms with Crippen LogP contribution >= 0.6 is 0 Å². The average Bonchev–Trinajstić information content (AvgIpc) is 2.59. The summed E-state index contributed by atoms with van der Waals surface area (Å²) in [5.41, 5.74) is 1.75. The molecule has 1 aromatic carbocycles. The molecule has 6 nitrogen and oxygen atoms in total. The van der Waals surface area contributed by atoms with Gasteiger partial charge in [-0.1, -0.05) is 12.1 Å². The molecular weight excluding hydrogens is 301 g/mol. The Labute approximate surface area is 132 Å². The lowest BCUT2D eigenvalue weighted by Gasteiger charge is -2.07. The summed E-state index contributed by atoms with van der Waals surface area (Å²) in [6, 6.07) is 9.04. The second-order valence-corrected chi connectivity index (χ2v) is 4.69. The fourth-order valence-electron chi connectivity index (χ4n) is 1.84. The van der Waals surface area contributed by atoms with Gasteiger partial charge in [0.15, 0.2) is 0 Å². The van der Waals surface area contributed by atoms with Crippen molar-refractivity contribution in [3.8, 4) is 0 Å². The van der Waals surface area contributed by atoms with Crippen molar-refractivity contribution in [2.24, 2.45) is 0 Å². The van der Waals surface area contributed by atoms with Crippen LogP contribution in [0.3, 0.4) is 0 Å². The second-order valence-electron chi connectivity index (χ2n) is 4.69. The number of nitrogens with zero attached hydrogens (tertiary/aromatic N) is 1. The van der Waals surface area contributed by atoms with Crippen LogP contribution in [0.2, 0.25) is 0 Å². The number of carbonyl (C=O) groups is 2. The van der Waals surface area contributed by atoms with Crippen molar-refractivity contribution in [3.05, 3.63) is 65.2 Å². The van der Waals surface area contributed by atoms with E-state index in [-0.39, 0.29) is 24.8 Å². The van der Waals surface area contributed by atoms with E-state index in [0.29, 0.717) is 11.3 Å². The molecule has 0 aliphatic carbocycles. The first-order valence-electron chi connectivity index (χ1n) is 6.88. The van der Waals surface area contributed by atoms with Crippen molar-refractivity contribution in [1.29, 1.82) is 0 Å². The van der Waals surface area contributed by atoms with E-state index in [1.54, 1.807) is 24.3 Å². The molecule has 2 aromatic rings. The Morgan fingerprint density at radius 1 is 1.13 bits per heavy atom. The van der Waals surface area contributed by atoms with Gasteiger partial charge in [0.05, 0.1) is 19.3 Å². The lowest BCUT2D eigenvalue weighted by Crippen LogP contribution is -2.25. The van der Waals surface area contributed by atoms with Gasteiger partial charge in [-0.25, -0.2) is 9.18 Å². The fourth-order valence-corrected chi connectivity index (χ4v) is 1.84. The van der Waals surface area contributed by atoms with Gasteiger partial charge < -0.3 is 15.4 Å². The molecular formula is C16H16FN3O3. The summed E-state index contributed by atoms with van der Waals surface area (Å²) in [6.07, 6.45) is 0.916. The number of hydrogen-bond donors (Lipinski definition) is 2. The number of halogens is 1. The molecule has 23 heavy (non-hydrogen) atoms. The fraction of sp³-hybridized carbons (Fsp3) is 0.188. The molecule has 0 fully saturated rings. The standard InChI is InChI=1S/C16H16FN3O3/c1-23-16(22)20-10-14-8-12(6-7-18-14)15(21)19-9-11-2-4-13(17)5-3-11/h2-8H,9-10H2,1H3,(H,19,21)(H,20,22). The highest BCUT2D eigenvalue weighted by molar-refractivity contribution is 5.94. The lowest BCUT2D eigenvalue weighted by molar-refractivity contribution is 0.0950. The van der Waals surface area contributed by atoms with E-state index in [1.807, 2.05) is 0 Å². The van der Waals surface area contributed by atoms with Crippen molar-refractivity contribution in [1.82, 2.24) is 15.6 Å². The van der Waals surface area contributed by atoms with Gasteiger partial charge in [0.25, 0.3) is 5.91 Å². The van der Waals surface area contributed by atoms with Gasteiger partial charge in [-0.3, -0.25) is 9.78 Å². The largest absolute Gasteiger partial charge is 0.453 e. The number of amides is 2. The second kappa shape index (κ2) is 7.88. The summed E-state index contributed by atoms with van der Waals surface area (Å²) in [5.74, 6) is -0.604. The van der Waals surface area contributed by atoms with Crippen LogP contribution in [0.1, 0.15) is 21.6 Å². The maximum absolute atomic E-state index is 12.8. The third kappa shape index (κ3) is 5.06. The number of alkyl carbamates (subject to hydrolysis) is 1. The van der Waals surface area contributed by atoms with E-state index >= 15 is 0 Å². The van der Waals surface area contributed by atoms with E-state index in [0.717, 1.165) is 5.56 Å². The molecule has 0 spiro atoms. The molecule has 1 heterocycles. The predicted molar refractivity (Wildman–Crippen MR) is 81.1 cm³/mol.